The lowest BCUT2D eigenvalue weighted by atomic mass is 9.93. The molecule has 2 aromatic carbocycles. The maximum absolute atomic E-state index is 13.4. The Balaban J connectivity index is 1.94. The van der Waals surface area contributed by atoms with Gasteiger partial charge in [-0.1, -0.05) is 12.1 Å². The molecule has 4 rings (SSSR count). The number of para-hydroxylation sites is 1. The molecule has 8 nitrogen and oxygen atoms in total. The van der Waals surface area contributed by atoms with Crippen molar-refractivity contribution in [2.75, 3.05) is 21.3 Å². The third kappa shape index (κ3) is 4.30. The summed E-state index contributed by atoms with van der Waals surface area (Å²) in [5.74, 6) is -0.284. The molecule has 0 radical (unpaired) electrons. The molecule has 35 heavy (non-hydrogen) atoms. The second-order valence-electron chi connectivity index (χ2n) is 8.11. The van der Waals surface area contributed by atoms with E-state index in [-0.39, 0.29) is 17.9 Å². The van der Waals surface area contributed by atoms with E-state index in [0.29, 0.717) is 28.4 Å². The molecule has 0 saturated carbocycles. The predicted octanol–water partition coefficient (Wildman–Crippen LogP) is 3.46. The van der Waals surface area contributed by atoms with Gasteiger partial charge in [0.05, 0.1) is 39.5 Å². The highest BCUT2D eigenvalue weighted by Crippen LogP contribution is 2.46. The average molecular weight is 476 g/mol. The van der Waals surface area contributed by atoms with Gasteiger partial charge < -0.3 is 24.2 Å². The number of methoxy groups -OCH3 is 3. The van der Waals surface area contributed by atoms with Gasteiger partial charge in [0.25, 0.3) is 11.7 Å². The topological polar surface area (TPSA) is 99.4 Å². The minimum atomic E-state index is -0.900. The zero-order valence-electron chi connectivity index (χ0n) is 20.0. The van der Waals surface area contributed by atoms with Crippen LogP contribution in [0, 0.1) is 6.92 Å². The van der Waals surface area contributed by atoms with Crippen molar-refractivity contribution in [3.05, 3.63) is 88.8 Å². The van der Waals surface area contributed by atoms with Gasteiger partial charge in [-0.05, 0) is 42.8 Å². The number of ketones is 1. The van der Waals surface area contributed by atoms with E-state index in [4.69, 9.17) is 14.2 Å². The van der Waals surface area contributed by atoms with Gasteiger partial charge in [0.1, 0.15) is 11.5 Å². The molecule has 2 N–H and O–H groups in total. The molecule has 0 spiro atoms. The fraction of sp³-hybridized carbons (Fsp3) is 0.222. The maximum atomic E-state index is 13.4. The highest BCUT2D eigenvalue weighted by Gasteiger charge is 2.47. The number of aliphatic hydroxyl groups is 1. The first-order valence-electron chi connectivity index (χ1n) is 11.0. The molecular formula is C27H27N2O6+. The Kier molecular flexibility index (Phi) is 6.73. The summed E-state index contributed by atoms with van der Waals surface area (Å²) in [4.78, 5) is 31.1. The lowest BCUT2D eigenvalue weighted by molar-refractivity contribution is -0.378. The quantitative estimate of drug-likeness (QED) is 0.319. The van der Waals surface area contributed by atoms with Crippen molar-refractivity contribution in [2.24, 2.45) is 0 Å². The molecule has 1 aliphatic rings. The Labute approximate surface area is 203 Å². The number of hydrogen-bond donors (Lipinski definition) is 1. The fourth-order valence-electron chi connectivity index (χ4n) is 4.40. The zero-order chi connectivity index (χ0) is 25.1. The summed E-state index contributed by atoms with van der Waals surface area (Å²) in [5.41, 5.74) is 2.48. The van der Waals surface area contributed by atoms with Crippen LogP contribution in [-0.2, 0) is 16.1 Å². The molecule has 0 bridgehead atoms. The van der Waals surface area contributed by atoms with Crippen LogP contribution < -0.4 is 19.2 Å². The highest BCUT2D eigenvalue weighted by molar-refractivity contribution is 6.46. The van der Waals surface area contributed by atoms with Crippen LogP contribution >= 0.6 is 0 Å². The first kappa shape index (κ1) is 23.8. The number of nitrogens with zero attached hydrogens (tertiary/aromatic N) is 1. The largest absolute Gasteiger partial charge is 0.507 e. The summed E-state index contributed by atoms with van der Waals surface area (Å²) >= 11 is 0. The summed E-state index contributed by atoms with van der Waals surface area (Å²) in [7, 11) is 4.56. The number of hydrogen-bond acceptors (Lipinski definition) is 6. The van der Waals surface area contributed by atoms with Crippen LogP contribution in [0.1, 0.15) is 28.3 Å². The molecule has 1 saturated heterocycles. The van der Waals surface area contributed by atoms with Crippen LogP contribution in [0.5, 0.6) is 17.2 Å². The summed E-state index contributed by atoms with van der Waals surface area (Å²) in [5, 5.41) is 11.4. The van der Waals surface area contributed by atoms with Crippen LogP contribution in [0.2, 0.25) is 0 Å². The average Bonchev–Trinajstić information content (AvgIpc) is 3.12. The Morgan fingerprint density at radius 2 is 1.77 bits per heavy atom. The highest BCUT2D eigenvalue weighted by atomic mass is 16.5. The standard InChI is InChI=1S/C27H26N2O6/c1-16-13-18(10-11-20(16)33-2)24(30)22-23(19-8-5-9-21(34-3)26(19)35-4)29(27(32)25(22)31)15-17-7-6-12-28-14-17/h5-14,23,30H,15H2,1-4H3/p+1. The van der Waals surface area contributed by atoms with Gasteiger partial charge in [-0.3, -0.25) is 9.59 Å². The Morgan fingerprint density at radius 3 is 2.40 bits per heavy atom. The molecule has 2 heterocycles. The monoisotopic (exact) mass is 475 g/mol. The molecular weight excluding hydrogens is 448 g/mol. The van der Waals surface area contributed by atoms with Gasteiger partial charge in [0.15, 0.2) is 23.9 Å². The van der Waals surface area contributed by atoms with Gasteiger partial charge in [0.2, 0.25) is 0 Å². The van der Waals surface area contributed by atoms with Gasteiger partial charge >= 0.3 is 0 Å². The summed E-state index contributed by atoms with van der Waals surface area (Å²) in [6.07, 6.45) is 3.51. The molecule has 1 fully saturated rings. The van der Waals surface area contributed by atoms with Gasteiger partial charge in [0, 0.05) is 22.8 Å². The van der Waals surface area contributed by atoms with Crippen LogP contribution in [0.15, 0.2) is 66.5 Å². The number of pyridine rings is 1. The number of carbonyl (C=O) groups is 2. The predicted molar refractivity (Wildman–Crippen MR) is 128 cm³/mol. The number of carbonyl (C=O) groups excluding carboxylic acids is 2. The van der Waals surface area contributed by atoms with Crippen molar-refractivity contribution < 1.29 is 33.9 Å². The van der Waals surface area contributed by atoms with E-state index in [9.17, 15) is 14.7 Å². The number of nitrogens with one attached hydrogen (secondary N) is 1. The number of aliphatic hydroxyl groups excluding tert-OH is 1. The Morgan fingerprint density at radius 1 is 1.00 bits per heavy atom. The van der Waals surface area contributed by atoms with E-state index in [0.717, 1.165) is 11.1 Å². The van der Waals surface area contributed by atoms with Crippen molar-refractivity contribution >= 4 is 17.4 Å². The number of likely N-dealkylation sites (tertiary alicyclic amines) is 1. The molecule has 1 unspecified atom stereocenters. The molecule has 3 aromatic rings. The van der Waals surface area contributed by atoms with E-state index in [1.807, 2.05) is 19.1 Å². The maximum Gasteiger partial charge on any atom is 0.295 e. The minimum Gasteiger partial charge on any atom is -0.507 e. The molecule has 180 valence electrons. The Bertz CT molecular complexity index is 1300. The smallest absolute Gasteiger partial charge is 0.295 e. The molecule has 0 aliphatic carbocycles. The van der Waals surface area contributed by atoms with Crippen LogP contribution in [0.25, 0.3) is 5.76 Å². The van der Waals surface area contributed by atoms with Crippen LogP contribution in [0.4, 0.5) is 0 Å². The van der Waals surface area contributed by atoms with Crippen molar-refractivity contribution in [1.82, 2.24) is 4.90 Å². The minimum absolute atomic E-state index is 0.0222. The number of Topliss-reactive ketones (excluding diaryl/α,β-unsaturated/α-hetero) is 1. The van der Waals surface area contributed by atoms with Crippen LogP contribution in [-0.4, -0.2) is 43.0 Å². The number of ether oxygens (including phenoxy) is 3. The van der Waals surface area contributed by atoms with Crippen molar-refractivity contribution in [3.63, 3.8) is 0 Å². The van der Waals surface area contributed by atoms with Crippen molar-refractivity contribution in [3.8, 4) is 17.2 Å². The van der Waals surface area contributed by atoms with Crippen molar-refractivity contribution in [2.45, 2.75) is 19.5 Å². The van der Waals surface area contributed by atoms with E-state index < -0.39 is 17.7 Å². The summed E-state index contributed by atoms with van der Waals surface area (Å²) in [6, 6.07) is 13.1. The SMILES string of the molecule is COc1ccc(C(O)=C2C(=O)C(=O)N(Cc3ccc[nH+]c3)C2c2cccc(OC)c2OC)cc1C. The first-order valence-corrected chi connectivity index (χ1v) is 11.0. The van der Waals surface area contributed by atoms with E-state index in [2.05, 4.69) is 4.98 Å². The number of aromatic amines is 1. The van der Waals surface area contributed by atoms with Crippen LogP contribution in [0.3, 0.4) is 0 Å². The normalized spacial score (nSPS) is 16.9. The number of rotatable bonds is 7. The second kappa shape index (κ2) is 9.89. The third-order valence-corrected chi connectivity index (χ3v) is 6.06. The lowest BCUT2D eigenvalue weighted by Crippen LogP contribution is -2.29. The Hall–Kier alpha value is -4.33. The molecule has 1 amide bonds. The summed E-state index contributed by atoms with van der Waals surface area (Å²) < 4.78 is 16.4. The summed E-state index contributed by atoms with van der Waals surface area (Å²) in [6.45, 7) is 1.98. The molecule has 1 aromatic heterocycles. The van der Waals surface area contributed by atoms with E-state index in [1.54, 1.807) is 55.9 Å². The number of aromatic nitrogens is 1. The molecule has 1 atom stereocenters. The molecule has 1 aliphatic heterocycles. The van der Waals surface area contributed by atoms with Gasteiger partial charge in [-0.25, -0.2) is 4.98 Å². The fourth-order valence-corrected chi connectivity index (χ4v) is 4.40. The second-order valence-corrected chi connectivity index (χ2v) is 8.11. The third-order valence-electron chi connectivity index (χ3n) is 6.06. The molecule has 8 heteroatoms. The zero-order valence-corrected chi connectivity index (χ0v) is 20.0. The lowest BCUT2D eigenvalue weighted by Gasteiger charge is -2.27. The number of benzene rings is 2. The van der Waals surface area contributed by atoms with Crippen molar-refractivity contribution in [1.29, 1.82) is 0 Å². The van der Waals surface area contributed by atoms with Gasteiger partial charge in [-0.2, -0.15) is 0 Å². The number of H-pyrrole nitrogens is 1. The first-order chi connectivity index (χ1) is 16.9. The van der Waals surface area contributed by atoms with E-state index in [1.165, 1.54) is 19.1 Å². The van der Waals surface area contributed by atoms with Gasteiger partial charge in [-0.15, -0.1) is 0 Å². The number of aryl methyl sites for hydroxylation is 1. The number of amides is 1. The van der Waals surface area contributed by atoms with E-state index >= 15 is 0 Å².